The van der Waals surface area contributed by atoms with Crippen LogP contribution in [-0.4, -0.2) is 65.9 Å². The van der Waals surface area contributed by atoms with Crippen LogP contribution in [0, 0.1) is 0 Å². The summed E-state index contributed by atoms with van der Waals surface area (Å²) in [6, 6.07) is 9.66. The molecule has 1 saturated heterocycles. The van der Waals surface area contributed by atoms with Gasteiger partial charge in [-0.25, -0.2) is 0 Å². The van der Waals surface area contributed by atoms with Gasteiger partial charge in [0, 0.05) is 54.9 Å². The lowest BCUT2D eigenvalue weighted by Gasteiger charge is -2.50. The van der Waals surface area contributed by atoms with Crippen LogP contribution in [0.1, 0.15) is 18.9 Å². The molecule has 162 valence electrons. The molecule has 1 aromatic carbocycles. The first kappa shape index (κ1) is 19.7. The number of pyridine rings is 1. The SMILES string of the molecule is COc1ccc2c(c1)OC(CN1C(C)CCN3C(=O)C=C(c4ccncc4)NC31)CO2. The van der Waals surface area contributed by atoms with E-state index in [2.05, 4.69) is 22.1 Å². The summed E-state index contributed by atoms with van der Waals surface area (Å²) in [7, 11) is 1.63. The van der Waals surface area contributed by atoms with Gasteiger partial charge in [0.05, 0.1) is 7.11 Å². The average molecular weight is 422 g/mol. The Morgan fingerprint density at radius 3 is 2.87 bits per heavy atom. The number of methoxy groups -OCH3 is 1. The molecule has 1 aromatic heterocycles. The molecule has 3 aliphatic heterocycles. The van der Waals surface area contributed by atoms with Gasteiger partial charge in [0.25, 0.3) is 5.91 Å². The molecule has 0 spiro atoms. The van der Waals surface area contributed by atoms with Crippen molar-refractivity contribution in [2.24, 2.45) is 0 Å². The molecule has 3 aliphatic rings. The number of aromatic nitrogens is 1. The largest absolute Gasteiger partial charge is 0.497 e. The van der Waals surface area contributed by atoms with Gasteiger partial charge >= 0.3 is 0 Å². The number of rotatable bonds is 4. The Morgan fingerprint density at radius 2 is 2.06 bits per heavy atom. The van der Waals surface area contributed by atoms with Gasteiger partial charge in [-0.15, -0.1) is 0 Å². The first-order chi connectivity index (χ1) is 15.1. The van der Waals surface area contributed by atoms with Crippen LogP contribution in [0.5, 0.6) is 17.2 Å². The van der Waals surface area contributed by atoms with Crippen LogP contribution in [0.3, 0.4) is 0 Å². The Hall–Kier alpha value is -3.26. The van der Waals surface area contributed by atoms with E-state index < -0.39 is 0 Å². The van der Waals surface area contributed by atoms with Crippen molar-refractivity contribution in [3.8, 4) is 17.2 Å². The molecule has 4 heterocycles. The Kier molecular flexibility index (Phi) is 5.15. The molecule has 31 heavy (non-hydrogen) atoms. The molecule has 0 saturated carbocycles. The predicted octanol–water partition coefficient (Wildman–Crippen LogP) is 2.08. The van der Waals surface area contributed by atoms with Crippen molar-refractivity contribution in [3.05, 3.63) is 54.4 Å². The quantitative estimate of drug-likeness (QED) is 0.809. The highest BCUT2D eigenvalue weighted by molar-refractivity contribution is 5.96. The van der Waals surface area contributed by atoms with Gasteiger partial charge in [-0.05, 0) is 37.6 Å². The van der Waals surface area contributed by atoms with Gasteiger partial charge in [0.15, 0.2) is 17.8 Å². The smallest absolute Gasteiger partial charge is 0.251 e. The second-order valence-electron chi connectivity index (χ2n) is 8.04. The van der Waals surface area contributed by atoms with Gasteiger partial charge in [-0.1, -0.05) is 0 Å². The third kappa shape index (κ3) is 3.79. The van der Waals surface area contributed by atoms with E-state index in [0.717, 1.165) is 35.7 Å². The maximum Gasteiger partial charge on any atom is 0.251 e. The van der Waals surface area contributed by atoms with Crippen LogP contribution in [0.4, 0.5) is 0 Å². The van der Waals surface area contributed by atoms with Crippen molar-refractivity contribution in [2.75, 3.05) is 26.8 Å². The summed E-state index contributed by atoms with van der Waals surface area (Å²) < 4.78 is 17.5. The maximum atomic E-state index is 12.9. The summed E-state index contributed by atoms with van der Waals surface area (Å²) in [5.41, 5.74) is 1.75. The second-order valence-corrected chi connectivity index (χ2v) is 8.04. The lowest BCUT2D eigenvalue weighted by atomic mass is 10.1. The highest BCUT2D eigenvalue weighted by Gasteiger charge is 2.40. The summed E-state index contributed by atoms with van der Waals surface area (Å²) in [6.07, 6.45) is 5.64. The number of fused-ring (bicyclic) bond motifs is 2. The maximum absolute atomic E-state index is 12.9. The van der Waals surface area contributed by atoms with Crippen LogP contribution >= 0.6 is 0 Å². The highest BCUT2D eigenvalue weighted by atomic mass is 16.6. The van der Waals surface area contributed by atoms with Crippen LogP contribution in [0.2, 0.25) is 0 Å². The van der Waals surface area contributed by atoms with Crippen molar-refractivity contribution in [1.29, 1.82) is 0 Å². The summed E-state index contributed by atoms with van der Waals surface area (Å²) >= 11 is 0. The van der Waals surface area contributed by atoms with E-state index in [1.807, 2.05) is 35.2 Å². The van der Waals surface area contributed by atoms with E-state index in [1.54, 1.807) is 25.6 Å². The zero-order valence-electron chi connectivity index (χ0n) is 17.7. The van der Waals surface area contributed by atoms with Crippen molar-refractivity contribution in [2.45, 2.75) is 31.8 Å². The molecule has 2 aromatic rings. The number of nitrogens with one attached hydrogen (secondary N) is 1. The monoisotopic (exact) mass is 422 g/mol. The minimum Gasteiger partial charge on any atom is -0.497 e. The second kappa shape index (κ2) is 8.11. The van der Waals surface area contributed by atoms with Crippen molar-refractivity contribution in [1.82, 2.24) is 20.1 Å². The van der Waals surface area contributed by atoms with Gasteiger partial charge < -0.3 is 24.4 Å². The van der Waals surface area contributed by atoms with Gasteiger partial charge in [0.1, 0.15) is 18.5 Å². The minimum absolute atomic E-state index is 0.0170. The third-order valence-corrected chi connectivity index (χ3v) is 6.07. The van der Waals surface area contributed by atoms with E-state index in [-0.39, 0.29) is 24.3 Å². The molecule has 3 unspecified atom stereocenters. The number of nitrogens with zero attached hydrogens (tertiary/aromatic N) is 3. The zero-order chi connectivity index (χ0) is 21.4. The first-order valence-electron chi connectivity index (χ1n) is 10.5. The van der Waals surface area contributed by atoms with Crippen LogP contribution in [0.15, 0.2) is 48.8 Å². The van der Waals surface area contributed by atoms with Gasteiger partial charge in [-0.2, -0.15) is 0 Å². The van der Waals surface area contributed by atoms with Crippen molar-refractivity contribution in [3.63, 3.8) is 0 Å². The standard InChI is InChI=1S/C23H26N4O4/c1-15-7-10-26-22(28)12-19(16-5-8-24-9-6-16)25-23(26)27(15)13-18-14-30-20-4-3-17(29-2)11-21(20)31-18/h3-6,8-9,11-12,15,18,23,25H,7,10,13-14H2,1-2H3. The molecule has 1 amide bonds. The van der Waals surface area contributed by atoms with E-state index in [9.17, 15) is 4.79 Å². The van der Waals surface area contributed by atoms with Crippen molar-refractivity contribution < 1.29 is 19.0 Å². The molecule has 5 rings (SSSR count). The van der Waals surface area contributed by atoms with E-state index >= 15 is 0 Å². The van der Waals surface area contributed by atoms with Crippen molar-refractivity contribution >= 4 is 11.6 Å². The Labute approximate surface area is 181 Å². The molecular weight excluding hydrogens is 396 g/mol. The number of hydrogen-bond donors (Lipinski definition) is 1. The fraction of sp³-hybridized carbons (Fsp3) is 0.391. The van der Waals surface area contributed by atoms with Crippen LogP contribution in [0.25, 0.3) is 5.70 Å². The highest BCUT2D eigenvalue weighted by Crippen LogP contribution is 2.36. The molecular formula is C23H26N4O4. The predicted molar refractivity (Wildman–Crippen MR) is 115 cm³/mol. The first-order valence-corrected chi connectivity index (χ1v) is 10.5. The average Bonchev–Trinajstić information content (AvgIpc) is 2.81. The lowest BCUT2D eigenvalue weighted by molar-refractivity contribution is -0.142. The Balaban J connectivity index is 1.36. The molecule has 1 fully saturated rings. The molecule has 8 nitrogen and oxygen atoms in total. The molecule has 8 heteroatoms. The number of benzene rings is 1. The molecule has 0 radical (unpaired) electrons. The van der Waals surface area contributed by atoms with E-state index in [0.29, 0.717) is 18.9 Å². The number of carbonyl (C=O) groups excluding carboxylic acids is 1. The molecule has 0 bridgehead atoms. The van der Waals surface area contributed by atoms with Gasteiger partial charge in [-0.3, -0.25) is 14.7 Å². The molecule has 3 atom stereocenters. The summed E-state index contributed by atoms with van der Waals surface area (Å²) in [4.78, 5) is 21.1. The number of hydrogen-bond acceptors (Lipinski definition) is 7. The fourth-order valence-electron chi connectivity index (χ4n) is 4.34. The third-order valence-electron chi connectivity index (χ3n) is 6.07. The van der Waals surface area contributed by atoms with Crippen LogP contribution in [-0.2, 0) is 4.79 Å². The molecule has 1 N–H and O–H groups in total. The normalized spacial score (nSPS) is 25.4. The summed E-state index contributed by atoms with van der Waals surface area (Å²) in [5.74, 6) is 2.15. The molecule has 0 aliphatic carbocycles. The van der Waals surface area contributed by atoms with E-state index in [1.165, 1.54) is 0 Å². The number of ether oxygens (including phenoxy) is 3. The topological polar surface area (TPSA) is 76.2 Å². The van der Waals surface area contributed by atoms with E-state index in [4.69, 9.17) is 14.2 Å². The Bertz CT molecular complexity index is 996. The number of carbonyl (C=O) groups is 1. The summed E-state index contributed by atoms with van der Waals surface area (Å²) in [5, 5.41) is 3.56. The van der Waals surface area contributed by atoms with Crippen LogP contribution < -0.4 is 19.5 Å². The fourth-order valence-corrected chi connectivity index (χ4v) is 4.34. The lowest BCUT2D eigenvalue weighted by Crippen LogP contribution is -2.67. The Morgan fingerprint density at radius 1 is 1.23 bits per heavy atom. The summed E-state index contributed by atoms with van der Waals surface area (Å²) in [6.45, 7) is 3.99. The number of amides is 1. The minimum atomic E-state index is -0.236. The zero-order valence-corrected chi connectivity index (χ0v) is 17.7. The van der Waals surface area contributed by atoms with Gasteiger partial charge in [0.2, 0.25) is 0 Å².